The lowest BCUT2D eigenvalue weighted by Crippen LogP contribution is -2.56. The molecule has 5 atom stereocenters. The van der Waals surface area contributed by atoms with Gasteiger partial charge in [0.2, 0.25) is 0 Å². The second-order valence-electron chi connectivity index (χ2n) is 12.3. The molecule has 7 heteroatoms. The summed E-state index contributed by atoms with van der Waals surface area (Å²) in [5.41, 5.74) is 4.36. The molecule has 1 aliphatic heterocycles. The van der Waals surface area contributed by atoms with Crippen LogP contribution in [0.2, 0.25) is 5.02 Å². The molecule has 1 aliphatic rings. The average Bonchev–Trinajstić information content (AvgIpc) is 3.63. The first-order valence-corrected chi connectivity index (χ1v) is 17.6. The average molecular weight is 689 g/mol. The first kappa shape index (κ1) is 33.4. The van der Waals surface area contributed by atoms with Gasteiger partial charge in [-0.1, -0.05) is 145 Å². The predicted octanol–water partition coefficient (Wildman–Crippen LogP) is 8.19. The summed E-state index contributed by atoms with van der Waals surface area (Å²) in [5, 5.41) is 34.2. The molecule has 7 rings (SSSR count). The van der Waals surface area contributed by atoms with Crippen LogP contribution in [-0.2, 0) is 21.5 Å². The second-order valence-corrected chi connectivity index (χ2v) is 13.9. The van der Waals surface area contributed by atoms with Crippen molar-refractivity contribution < 1.29 is 24.8 Å². The molecular formula is C42H37ClO5S. The Bertz CT molecular complexity index is 1850. The van der Waals surface area contributed by atoms with Crippen LogP contribution in [0, 0.1) is 0 Å². The molecule has 1 unspecified atom stereocenters. The van der Waals surface area contributed by atoms with Gasteiger partial charge in [-0.25, -0.2) is 0 Å². The lowest BCUT2D eigenvalue weighted by atomic mass is 9.80. The van der Waals surface area contributed by atoms with E-state index in [-0.39, 0.29) is 6.61 Å². The Morgan fingerprint density at radius 2 is 1.18 bits per heavy atom. The molecule has 0 amide bonds. The highest BCUT2D eigenvalue weighted by Crippen LogP contribution is 2.42. The molecule has 1 aromatic heterocycles. The molecule has 1 fully saturated rings. The number of benzene rings is 5. The normalized spacial score (nSPS) is 21.0. The van der Waals surface area contributed by atoms with Crippen molar-refractivity contribution in [2.24, 2.45) is 0 Å². The smallest absolute Gasteiger partial charge is 0.143 e. The van der Waals surface area contributed by atoms with E-state index in [9.17, 15) is 15.3 Å². The third-order valence-corrected chi connectivity index (χ3v) is 10.7. The number of aliphatic hydroxyl groups excluding tert-OH is 3. The fourth-order valence-corrected chi connectivity index (χ4v) is 7.89. The molecule has 0 bridgehead atoms. The van der Waals surface area contributed by atoms with Gasteiger partial charge in [-0.05, 0) is 51.6 Å². The molecule has 5 nitrogen and oxygen atoms in total. The van der Waals surface area contributed by atoms with E-state index in [4.69, 9.17) is 21.1 Å². The van der Waals surface area contributed by atoms with Crippen molar-refractivity contribution in [1.29, 1.82) is 0 Å². The van der Waals surface area contributed by atoms with Crippen LogP contribution in [0.4, 0.5) is 0 Å². The first-order valence-electron chi connectivity index (χ1n) is 16.4. The standard InChI is InChI=1S/C42H37ClO5S/c43-35-23-21-29(25-30(35)26-34-22-24-37(49-34)28-13-5-1-6-14-28)41-40(46)39(45)38(44)36(48-41)27-47-42(31-15-7-2-8-16-31,32-17-9-3-10-18-32)33-19-11-4-12-20-33/h1-25,36,38-41,44-46H,26-27H2/t36-,38-,39+,40-,41?/m1/s1. The van der Waals surface area contributed by atoms with Crippen LogP contribution in [-0.4, -0.2) is 46.3 Å². The Morgan fingerprint density at radius 3 is 1.76 bits per heavy atom. The Labute approximate surface area is 295 Å². The number of hydrogen-bond acceptors (Lipinski definition) is 6. The zero-order chi connectivity index (χ0) is 33.8. The van der Waals surface area contributed by atoms with Crippen molar-refractivity contribution in [2.45, 2.75) is 42.5 Å². The van der Waals surface area contributed by atoms with Crippen LogP contribution in [0.25, 0.3) is 10.4 Å². The van der Waals surface area contributed by atoms with Crippen molar-refractivity contribution in [3.63, 3.8) is 0 Å². The van der Waals surface area contributed by atoms with Gasteiger partial charge in [0.05, 0.1) is 6.61 Å². The molecule has 49 heavy (non-hydrogen) atoms. The summed E-state index contributed by atoms with van der Waals surface area (Å²) in [5.74, 6) is 0. The molecule has 1 saturated heterocycles. The molecule has 0 radical (unpaired) electrons. The van der Waals surface area contributed by atoms with Crippen molar-refractivity contribution in [2.75, 3.05) is 6.61 Å². The fraction of sp³-hybridized carbons (Fsp3) is 0.190. The Kier molecular flexibility index (Phi) is 10.1. The Balaban J connectivity index is 1.18. The molecule has 0 saturated carbocycles. The van der Waals surface area contributed by atoms with Crippen molar-refractivity contribution in [3.05, 3.63) is 189 Å². The monoisotopic (exact) mass is 688 g/mol. The van der Waals surface area contributed by atoms with Crippen LogP contribution in [0.15, 0.2) is 152 Å². The summed E-state index contributed by atoms with van der Waals surface area (Å²) in [4.78, 5) is 2.32. The quantitative estimate of drug-likeness (QED) is 0.127. The molecule has 248 valence electrons. The van der Waals surface area contributed by atoms with E-state index in [1.165, 1.54) is 4.88 Å². The summed E-state index contributed by atoms with van der Waals surface area (Å²) < 4.78 is 13.4. The number of aliphatic hydroxyl groups is 3. The van der Waals surface area contributed by atoms with Crippen molar-refractivity contribution in [1.82, 2.24) is 0 Å². The number of rotatable bonds is 10. The number of ether oxygens (including phenoxy) is 2. The predicted molar refractivity (Wildman–Crippen MR) is 195 cm³/mol. The number of halogens is 1. The van der Waals surface area contributed by atoms with Crippen LogP contribution in [0.3, 0.4) is 0 Å². The van der Waals surface area contributed by atoms with Crippen molar-refractivity contribution >= 4 is 22.9 Å². The van der Waals surface area contributed by atoms with Gasteiger partial charge in [-0.15, -0.1) is 11.3 Å². The zero-order valence-corrected chi connectivity index (χ0v) is 28.3. The molecule has 5 aromatic carbocycles. The topological polar surface area (TPSA) is 79.2 Å². The largest absolute Gasteiger partial charge is 0.388 e. The summed E-state index contributed by atoms with van der Waals surface area (Å²) >= 11 is 8.40. The fourth-order valence-electron chi connectivity index (χ4n) is 6.66. The van der Waals surface area contributed by atoms with Gasteiger partial charge < -0.3 is 24.8 Å². The molecule has 0 aliphatic carbocycles. The number of hydrogen-bond donors (Lipinski definition) is 3. The summed E-state index contributed by atoms with van der Waals surface area (Å²) in [6.45, 7) is -0.0714. The first-order chi connectivity index (χ1) is 23.9. The van der Waals surface area contributed by atoms with E-state index in [2.05, 4.69) is 24.3 Å². The highest BCUT2D eigenvalue weighted by molar-refractivity contribution is 7.15. The summed E-state index contributed by atoms with van der Waals surface area (Å²) in [7, 11) is 0. The molecule has 2 heterocycles. The van der Waals surface area contributed by atoms with Gasteiger partial charge in [0, 0.05) is 21.2 Å². The molecule has 6 aromatic rings. The van der Waals surface area contributed by atoms with Crippen LogP contribution in [0.5, 0.6) is 0 Å². The van der Waals surface area contributed by atoms with Crippen LogP contribution in [0.1, 0.15) is 38.8 Å². The van der Waals surface area contributed by atoms with Gasteiger partial charge >= 0.3 is 0 Å². The van der Waals surface area contributed by atoms with E-state index in [0.717, 1.165) is 32.7 Å². The van der Waals surface area contributed by atoms with E-state index < -0.39 is 36.1 Å². The van der Waals surface area contributed by atoms with Gasteiger partial charge in [0.15, 0.2) is 0 Å². The number of thiophene rings is 1. The minimum atomic E-state index is -1.46. The highest BCUT2D eigenvalue weighted by Gasteiger charge is 2.46. The highest BCUT2D eigenvalue weighted by atomic mass is 35.5. The van der Waals surface area contributed by atoms with Gasteiger partial charge in [0.1, 0.15) is 36.1 Å². The van der Waals surface area contributed by atoms with E-state index in [1.807, 2.05) is 115 Å². The lowest BCUT2D eigenvalue weighted by Gasteiger charge is -2.43. The van der Waals surface area contributed by atoms with Gasteiger partial charge in [0.25, 0.3) is 0 Å². The maximum Gasteiger partial charge on any atom is 0.143 e. The van der Waals surface area contributed by atoms with E-state index in [1.54, 1.807) is 23.5 Å². The molecular weight excluding hydrogens is 652 g/mol. The third kappa shape index (κ3) is 6.87. The summed E-state index contributed by atoms with van der Waals surface area (Å²) in [6, 6.07) is 49.8. The van der Waals surface area contributed by atoms with E-state index in [0.29, 0.717) is 17.0 Å². The zero-order valence-electron chi connectivity index (χ0n) is 26.7. The third-order valence-electron chi connectivity index (χ3n) is 9.20. The second kappa shape index (κ2) is 14.8. The van der Waals surface area contributed by atoms with Crippen LogP contribution >= 0.6 is 22.9 Å². The van der Waals surface area contributed by atoms with E-state index >= 15 is 0 Å². The summed E-state index contributed by atoms with van der Waals surface area (Å²) in [6.07, 6.45) is -5.50. The van der Waals surface area contributed by atoms with Crippen LogP contribution < -0.4 is 0 Å². The maximum absolute atomic E-state index is 11.2. The SMILES string of the molecule is O[C@H]1[C@H](O)[C@@H](O)C(c2ccc(Cl)c(Cc3ccc(-c4ccccc4)s3)c2)O[C@@H]1COC(c1ccccc1)(c1ccccc1)c1ccccc1. The Hall–Kier alpha value is -4.11. The minimum Gasteiger partial charge on any atom is -0.388 e. The maximum atomic E-state index is 11.2. The molecule has 3 N–H and O–H groups in total. The molecule has 0 spiro atoms. The van der Waals surface area contributed by atoms with Gasteiger partial charge in [-0.2, -0.15) is 0 Å². The van der Waals surface area contributed by atoms with Crippen molar-refractivity contribution in [3.8, 4) is 10.4 Å². The minimum absolute atomic E-state index is 0.0714. The van der Waals surface area contributed by atoms with Gasteiger partial charge in [-0.3, -0.25) is 0 Å². The lowest BCUT2D eigenvalue weighted by molar-refractivity contribution is -0.240. The Morgan fingerprint density at radius 1 is 0.633 bits per heavy atom.